The SMILES string of the molecule is COc1ccc(Br)c(NCc2nn(C)c3ccccc23)c1. The van der Waals surface area contributed by atoms with Crippen LogP contribution in [-0.2, 0) is 13.6 Å². The van der Waals surface area contributed by atoms with Crippen LogP contribution in [0.4, 0.5) is 5.69 Å². The molecule has 0 aliphatic heterocycles. The van der Waals surface area contributed by atoms with Gasteiger partial charge in [0, 0.05) is 23.0 Å². The number of ether oxygens (including phenoxy) is 1. The Morgan fingerprint density at radius 3 is 2.86 bits per heavy atom. The molecule has 4 nitrogen and oxygen atoms in total. The number of methoxy groups -OCH3 is 1. The second-order valence-electron chi connectivity index (χ2n) is 4.79. The van der Waals surface area contributed by atoms with Crippen LogP contribution in [0, 0.1) is 0 Å². The van der Waals surface area contributed by atoms with E-state index in [1.165, 1.54) is 5.39 Å². The minimum Gasteiger partial charge on any atom is -0.497 e. The van der Waals surface area contributed by atoms with Gasteiger partial charge in [-0.1, -0.05) is 18.2 Å². The summed E-state index contributed by atoms with van der Waals surface area (Å²) in [6, 6.07) is 14.1. The number of hydrogen-bond donors (Lipinski definition) is 1. The van der Waals surface area contributed by atoms with Gasteiger partial charge in [-0.25, -0.2) is 0 Å². The van der Waals surface area contributed by atoms with Crippen LogP contribution in [0.25, 0.3) is 10.9 Å². The maximum atomic E-state index is 5.26. The van der Waals surface area contributed by atoms with Crippen molar-refractivity contribution in [1.82, 2.24) is 9.78 Å². The number of rotatable bonds is 4. The van der Waals surface area contributed by atoms with Gasteiger partial charge in [-0.3, -0.25) is 4.68 Å². The van der Waals surface area contributed by atoms with Crippen molar-refractivity contribution in [2.24, 2.45) is 7.05 Å². The van der Waals surface area contributed by atoms with E-state index in [0.29, 0.717) is 6.54 Å². The fraction of sp³-hybridized carbons (Fsp3) is 0.188. The van der Waals surface area contributed by atoms with Crippen LogP contribution in [0.3, 0.4) is 0 Å². The first-order chi connectivity index (χ1) is 10.2. The van der Waals surface area contributed by atoms with Crippen molar-refractivity contribution in [3.05, 3.63) is 52.6 Å². The molecule has 3 rings (SSSR count). The summed E-state index contributed by atoms with van der Waals surface area (Å²) in [5.74, 6) is 0.826. The van der Waals surface area contributed by atoms with Crippen molar-refractivity contribution >= 4 is 32.5 Å². The third-order valence-corrected chi connectivity index (χ3v) is 4.15. The van der Waals surface area contributed by atoms with Gasteiger partial charge in [-0.15, -0.1) is 0 Å². The maximum Gasteiger partial charge on any atom is 0.121 e. The lowest BCUT2D eigenvalue weighted by molar-refractivity contribution is 0.415. The van der Waals surface area contributed by atoms with Crippen molar-refractivity contribution < 1.29 is 4.74 Å². The predicted octanol–water partition coefficient (Wildman–Crippen LogP) is 3.96. The zero-order chi connectivity index (χ0) is 14.8. The lowest BCUT2D eigenvalue weighted by atomic mass is 10.2. The van der Waals surface area contributed by atoms with E-state index in [0.717, 1.165) is 27.1 Å². The minimum absolute atomic E-state index is 0.660. The molecule has 0 fully saturated rings. The molecule has 1 aromatic heterocycles. The average Bonchev–Trinajstić information content (AvgIpc) is 2.83. The van der Waals surface area contributed by atoms with E-state index in [2.05, 4.69) is 38.5 Å². The monoisotopic (exact) mass is 345 g/mol. The van der Waals surface area contributed by atoms with Gasteiger partial charge in [0.25, 0.3) is 0 Å². The highest BCUT2D eigenvalue weighted by Crippen LogP contribution is 2.28. The first kappa shape index (κ1) is 13.9. The van der Waals surface area contributed by atoms with Crippen LogP contribution >= 0.6 is 15.9 Å². The molecule has 0 spiro atoms. The van der Waals surface area contributed by atoms with Gasteiger partial charge in [0.15, 0.2) is 0 Å². The molecule has 0 atom stereocenters. The third kappa shape index (κ3) is 2.74. The number of nitrogens with zero attached hydrogens (tertiary/aromatic N) is 2. The van der Waals surface area contributed by atoms with E-state index in [1.807, 2.05) is 42.1 Å². The second-order valence-corrected chi connectivity index (χ2v) is 5.64. The van der Waals surface area contributed by atoms with Crippen LogP contribution in [-0.4, -0.2) is 16.9 Å². The van der Waals surface area contributed by atoms with Crippen molar-refractivity contribution in [2.45, 2.75) is 6.54 Å². The van der Waals surface area contributed by atoms with Crippen molar-refractivity contribution in [2.75, 3.05) is 12.4 Å². The topological polar surface area (TPSA) is 39.1 Å². The number of benzene rings is 2. The lowest BCUT2D eigenvalue weighted by Gasteiger charge is -2.09. The molecule has 3 aromatic rings. The van der Waals surface area contributed by atoms with Crippen LogP contribution in [0.5, 0.6) is 5.75 Å². The number of fused-ring (bicyclic) bond motifs is 1. The number of aromatic nitrogens is 2. The zero-order valence-corrected chi connectivity index (χ0v) is 13.5. The Labute approximate surface area is 131 Å². The van der Waals surface area contributed by atoms with Gasteiger partial charge < -0.3 is 10.1 Å². The van der Waals surface area contributed by atoms with Crippen LogP contribution in [0.15, 0.2) is 46.9 Å². The summed E-state index contributed by atoms with van der Waals surface area (Å²) in [6.07, 6.45) is 0. The fourth-order valence-electron chi connectivity index (χ4n) is 2.37. The molecule has 0 radical (unpaired) electrons. The summed E-state index contributed by atoms with van der Waals surface area (Å²) in [5.41, 5.74) is 3.16. The highest BCUT2D eigenvalue weighted by atomic mass is 79.9. The van der Waals surface area contributed by atoms with Crippen molar-refractivity contribution in [3.63, 3.8) is 0 Å². The number of anilines is 1. The van der Waals surface area contributed by atoms with E-state index in [4.69, 9.17) is 4.74 Å². The van der Waals surface area contributed by atoms with Crippen LogP contribution in [0.2, 0.25) is 0 Å². The highest BCUT2D eigenvalue weighted by Gasteiger charge is 2.08. The van der Waals surface area contributed by atoms with Crippen molar-refractivity contribution in [3.8, 4) is 5.75 Å². The molecule has 108 valence electrons. The van der Waals surface area contributed by atoms with Crippen molar-refractivity contribution in [1.29, 1.82) is 0 Å². The third-order valence-electron chi connectivity index (χ3n) is 3.45. The first-order valence-corrected chi connectivity index (χ1v) is 7.46. The van der Waals surface area contributed by atoms with Gasteiger partial charge in [0.1, 0.15) is 5.75 Å². The van der Waals surface area contributed by atoms with Crippen LogP contribution < -0.4 is 10.1 Å². The summed E-state index contributed by atoms with van der Waals surface area (Å²) in [6.45, 7) is 0.660. The summed E-state index contributed by atoms with van der Waals surface area (Å²) in [7, 11) is 3.63. The predicted molar refractivity (Wildman–Crippen MR) is 88.7 cm³/mol. The Morgan fingerprint density at radius 2 is 2.05 bits per heavy atom. The van der Waals surface area contributed by atoms with Gasteiger partial charge >= 0.3 is 0 Å². The molecular weight excluding hydrogens is 330 g/mol. The van der Waals surface area contributed by atoms with E-state index < -0.39 is 0 Å². The van der Waals surface area contributed by atoms with Gasteiger partial charge in [0.2, 0.25) is 0 Å². The quantitative estimate of drug-likeness (QED) is 0.777. The smallest absolute Gasteiger partial charge is 0.121 e. The van der Waals surface area contributed by atoms with E-state index >= 15 is 0 Å². The van der Waals surface area contributed by atoms with E-state index in [-0.39, 0.29) is 0 Å². The molecule has 0 bridgehead atoms. The molecule has 0 amide bonds. The van der Waals surface area contributed by atoms with E-state index in [9.17, 15) is 0 Å². The molecular formula is C16H16BrN3O. The summed E-state index contributed by atoms with van der Waals surface area (Å²) in [5, 5.41) is 9.16. The van der Waals surface area contributed by atoms with Gasteiger partial charge in [-0.05, 0) is 34.1 Å². The lowest BCUT2D eigenvalue weighted by Crippen LogP contribution is -2.02. The van der Waals surface area contributed by atoms with Crippen LogP contribution in [0.1, 0.15) is 5.69 Å². The maximum absolute atomic E-state index is 5.26. The number of para-hydroxylation sites is 1. The molecule has 21 heavy (non-hydrogen) atoms. The molecule has 1 N–H and O–H groups in total. The molecule has 1 heterocycles. The molecule has 0 aliphatic carbocycles. The number of nitrogens with one attached hydrogen (secondary N) is 1. The Kier molecular flexibility index (Phi) is 3.84. The summed E-state index contributed by atoms with van der Waals surface area (Å²) in [4.78, 5) is 0. The Hall–Kier alpha value is -2.01. The largest absolute Gasteiger partial charge is 0.497 e. The minimum atomic E-state index is 0.660. The molecule has 0 saturated heterocycles. The highest BCUT2D eigenvalue weighted by molar-refractivity contribution is 9.10. The Bertz CT molecular complexity index is 782. The average molecular weight is 346 g/mol. The normalized spacial score (nSPS) is 10.8. The van der Waals surface area contributed by atoms with Gasteiger partial charge in [-0.2, -0.15) is 5.10 Å². The zero-order valence-electron chi connectivity index (χ0n) is 11.9. The molecule has 5 heteroatoms. The summed E-state index contributed by atoms with van der Waals surface area (Å²) < 4.78 is 8.17. The first-order valence-electron chi connectivity index (χ1n) is 6.67. The standard InChI is InChI=1S/C16H16BrN3O/c1-20-16-6-4-3-5-12(16)15(19-20)10-18-14-9-11(21-2)7-8-13(14)17/h3-9,18H,10H2,1-2H3. The Morgan fingerprint density at radius 1 is 1.24 bits per heavy atom. The number of halogens is 1. The summed E-state index contributed by atoms with van der Waals surface area (Å²) >= 11 is 3.54. The molecule has 2 aromatic carbocycles. The van der Waals surface area contributed by atoms with Gasteiger partial charge in [0.05, 0.1) is 30.6 Å². The number of hydrogen-bond acceptors (Lipinski definition) is 3. The fourth-order valence-corrected chi connectivity index (χ4v) is 2.75. The Balaban J connectivity index is 1.87. The molecule has 0 unspecified atom stereocenters. The van der Waals surface area contributed by atoms with E-state index in [1.54, 1.807) is 7.11 Å². The number of aryl methyl sites for hydroxylation is 1. The second kappa shape index (κ2) is 5.77. The molecule has 0 saturated carbocycles. The molecule has 0 aliphatic rings.